The van der Waals surface area contributed by atoms with Crippen molar-refractivity contribution in [3.05, 3.63) is 72.8 Å². The number of hydrogen-bond donors (Lipinski definition) is 2. The van der Waals surface area contributed by atoms with Gasteiger partial charge in [0.05, 0.1) is 16.6 Å². The van der Waals surface area contributed by atoms with Gasteiger partial charge in [-0.2, -0.15) is 5.10 Å². The standard InChI is InChI=1S/C25H20FN9/c1-35(2)13-14-8-16(11-28-9-14)17-12-30-24-19(20(17)26)23(33-34-24)25-31-18-5-7-29-21(22(18)32-25)15-4-3-6-27-10-15/h3-12H,13H2,1-2H3,(H,31,32)(H,30,33,34). The van der Waals surface area contributed by atoms with Crippen molar-refractivity contribution in [2.24, 2.45) is 0 Å². The number of aromatic amines is 2. The van der Waals surface area contributed by atoms with Crippen molar-refractivity contribution >= 4 is 22.1 Å². The molecule has 10 heteroatoms. The van der Waals surface area contributed by atoms with E-state index < -0.39 is 5.82 Å². The highest BCUT2D eigenvalue weighted by Gasteiger charge is 2.21. The molecule has 6 heterocycles. The zero-order chi connectivity index (χ0) is 23.9. The summed E-state index contributed by atoms with van der Waals surface area (Å²) in [6.45, 7) is 0.696. The summed E-state index contributed by atoms with van der Waals surface area (Å²) in [4.78, 5) is 27.4. The number of nitrogens with one attached hydrogen (secondary N) is 2. The highest BCUT2D eigenvalue weighted by molar-refractivity contribution is 5.96. The predicted octanol–water partition coefficient (Wildman–Crippen LogP) is 4.22. The Morgan fingerprint density at radius 1 is 0.943 bits per heavy atom. The van der Waals surface area contributed by atoms with Crippen molar-refractivity contribution in [3.8, 4) is 33.9 Å². The van der Waals surface area contributed by atoms with Crippen LogP contribution in [0.1, 0.15) is 5.56 Å². The number of halogens is 1. The molecule has 0 saturated heterocycles. The van der Waals surface area contributed by atoms with Crippen LogP contribution in [0.3, 0.4) is 0 Å². The Morgan fingerprint density at radius 3 is 2.66 bits per heavy atom. The maximum atomic E-state index is 15.9. The van der Waals surface area contributed by atoms with E-state index in [1.54, 1.807) is 31.0 Å². The number of hydrogen-bond acceptors (Lipinski definition) is 7. The molecule has 9 nitrogen and oxygen atoms in total. The lowest BCUT2D eigenvalue weighted by molar-refractivity contribution is 0.402. The minimum atomic E-state index is -0.436. The van der Waals surface area contributed by atoms with Crippen LogP contribution in [0.5, 0.6) is 0 Å². The number of rotatable bonds is 5. The normalized spacial score (nSPS) is 11.7. The number of pyridine rings is 4. The summed E-state index contributed by atoms with van der Waals surface area (Å²) in [7, 11) is 3.95. The maximum Gasteiger partial charge on any atom is 0.159 e. The van der Waals surface area contributed by atoms with E-state index in [4.69, 9.17) is 4.98 Å². The Balaban J connectivity index is 1.49. The van der Waals surface area contributed by atoms with E-state index in [0.717, 1.165) is 16.6 Å². The molecule has 6 aromatic rings. The fourth-order valence-electron chi connectivity index (χ4n) is 4.18. The van der Waals surface area contributed by atoms with Gasteiger partial charge in [0, 0.05) is 60.4 Å². The lowest BCUT2D eigenvalue weighted by Gasteiger charge is -2.11. The summed E-state index contributed by atoms with van der Waals surface area (Å²) < 4.78 is 15.9. The van der Waals surface area contributed by atoms with Gasteiger partial charge in [-0.05, 0) is 43.9 Å². The second-order valence-corrected chi connectivity index (χ2v) is 8.48. The molecule has 0 aliphatic carbocycles. The molecule has 0 aromatic carbocycles. The van der Waals surface area contributed by atoms with E-state index in [0.29, 0.717) is 46.0 Å². The van der Waals surface area contributed by atoms with Crippen molar-refractivity contribution < 1.29 is 4.39 Å². The van der Waals surface area contributed by atoms with Crippen molar-refractivity contribution in [2.45, 2.75) is 6.54 Å². The van der Waals surface area contributed by atoms with Crippen molar-refractivity contribution in [1.82, 2.24) is 45.0 Å². The second kappa shape index (κ2) is 8.33. The van der Waals surface area contributed by atoms with Crippen LogP contribution in [0.2, 0.25) is 0 Å². The van der Waals surface area contributed by atoms with Crippen molar-refractivity contribution in [1.29, 1.82) is 0 Å². The van der Waals surface area contributed by atoms with Gasteiger partial charge < -0.3 is 9.88 Å². The van der Waals surface area contributed by atoms with Crippen LogP contribution in [-0.4, -0.2) is 59.1 Å². The molecule has 6 rings (SSSR count). The number of H-pyrrole nitrogens is 2. The summed E-state index contributed by atoms with van der Waals surface area (Å²) in [5.41, 5.74) is 5.59. The van der Waals surface area contributed by atoms with E-state index in [1.807, 2.05) is 43.3 Å². The topological polar surface area (TPSA) is 112 Å². The highest BCUT2D eigenvalue weighted by Crippen LogP contribution is 2.34. The first-order valence-corrected chi connectivity index (χ1v) is 11.0. The van der Waals surface area contributed by atoms with E-state index >= 15 is 4.39 Å². The van der Waals surface area contributed by atoms with Crippen LogP contribution in [-0.2, 0) is 6.54 Å². The maximum absolute atomic E-state index is 15.9. The minimum Gasteiger partial charge on any atom is -0.336 e. The summed E-state index contributed by atoms with van der Waals surface area (Å²) in [5.74, 6) is -0.0182. The first-order chi connectivity index (χ1) is 17.1. The first-order valence-electron chi connectivity index (χ1n) is 11.0. The average Bonchev–Trinajstić information content (AvgIpc) is 3.49. The quantitative estimate of drug-likeness (QED) is 0.392. The number of nitrogens with zero attached hydrogens (tertiary/aromatic N) is 7. The molecule has 0 bridgehead atoms. The summed E-state index contributed by atoms with van der Waals surface area (Å²) in [6, 6.07) is 7.51. The van der Waals surface area contributed by atoms with Crippen LogP contribution in [0.15, 0.2) is 61.4 Å². The van der Waals surface area contributed by atoms with Gasteiger partial charge in [0.1, 0.15) is 17.0 Å². The van der Waals surface area contributed by atoms with Crippen molar-refractivity contribution in [2.75, 3.05) is 14.1 Å². The fraction of sp³-hybridized carbons (Fsp3) is 0.120. The smallest absolute Gasteiger partial charge is 0.159 e. The molecule has 0 radical (unpaired) electrons. The zero-order valence-electron chi connectivity index (χ0n) is 19.0. The van der Waals surface area contributed by atoms with Crippen molar-refractivity contribution in [3.63, 3.8) is 0 Å². The van der Waals surface area contributed by atoms with E-state index in [1.165, 1.54) is 6.20 Å². The van der Waals surface area contributed by atoms with Gasteiger partial charge in [-0.1, -0.05) is 0 Å². The third-order valence-corrected chi connectivity index (χ3v) is 5.69. The van der Waals surface area contributed by atoms with Gasteiger partial charge in [-0.3, -0.25) is 20.1 Å². The largest absolute Gasteiger partial charge is 0.336 e. The van der Waals surface area contributed by atoms with Crippen LogP contribution in [0, 0.1) is 5.82 Å². The number of fused-ring (bicyclic) bond motifs is 2. The van der Waals surface area contributed by atoms with E-state index in [2.05, 4.69) is 35.1 Å². The molecule has 0 unspecified atom stereocenters. The molecule has 0 amide bonds. The molecule has 0 atom stereocenters. The van der Waals surface area contributed by atoms with E-state index in [9.17, 15) is 0 Å². The summed E-state index contributed by atoms with van der Waals surface area (Å²) in [5, 5.41) is 7.42. The van der Waals surface area contributed by atoms with Gasteiger partial charge in [0.2, 0.25) is 0 Å². The van der Waals surface area contributed by atoms with Gasteiger partial charge in [-0.15, -0.1) is 0 Å². The average molecular weight is 465 g/mol. The SMILES string of the molecule is CN(C)Cc1cncc(-c2cnc3[nH]nc(-c4nc5c(-c6cccnc6)nccc5[nH]4)c3c2F)c1. The Morgan fingerprint density at radius 2 is 1.83 bits per heavy atom. The van der Waals surface area contributed by atoms with Crippen LogP contribution in [0.25, 0.3) is 56.0 Å². The molecule has 0 aliphatic heterocycles. The molecule has 0 spiro atoms. The molecule has 0 aliphatic rings. The van der Waals surface area contributed by atoms with Crippen LogP contribution >= 0.6 is 0 Å². The Kier molecular flexibility index (Phi) is 5.00. The van der Waals surface area contributed by atoms with Gasteiger partial charge in [0.15, 0.2) is 11.5 Å². The lowest BCUT2D eigenvalue weighted by atomic mass is 10.1. The molecule has 35 heavy (non-hydrogen) atoms. The zero-order valence-corrected chi connectivity index (χ0v) is 19.0. The second-order valence-electron chi connectivity index (χ2n) is 8.48. The van der Waals surface area contributed by atoms with Crippen LogP contribution < -0.4 is 0 Å². The molecule has 6 aromatic heterocycles. The molecular formula is C25H20FN9. The molecule has 2 N–H and O–H groups in total. The minimum absolute atomic E-state index is 0.260. The molecule has 172 valence electrons. The number of aromatic nitrogens is 8. The highest BCUT2D eigenvalue weighted by atomic mass is 19.1. The lowest BCUT2D eigenvalue weighted by Crippen LogP contribution is -2.10. The first kappa shape index (κ1) is 21.0. The third-order valence-electron chi connectivity index (χ3n) is 5.69. The van der Waals surface area contributed by atoms with Crippen LogP contribution in [0.4, 0.5) is 4.39 Å². The van der Waals surface area contributed by atoms with Gasteiger partial charge in [0.25, 0.3) is 0 Å². The predicted molar refractivity (Wildman–Crippen MR) is 131 cm³/mol. The molecule has 0 saturated carbocycles. The summed E-state index contributed by atoms with van der Waals surface area (Å²) >= 11 is 0. The third kappa shape index (κ3) is 3.69. The van der Waals surface area contributed by atoms with Gasteiger partial charge in [-0.25, -0.2) is 14.4 Å². The Bertz CT molecular complexity index is 1670. The molecular weight excluding hydrogens is 445 g/mol. The summed E-state index contributed by atoms with van der Waals surface area (Å²) in [6.07, 6.45) is 10.0. The Hall–Kier alpha value is -4.57. The number of imidazole rings is 1. The fourth-order valence-corrected chi connectivity index (χ4v) is 4.18. The van der Waals surface area contributed by atoms with E-state index in [-0.39, 0.29) is 5.39 Å². The monoisotopic (exact) mass is 465 g/mol. The van der Waals surface area contributed by atoms with Gasteiger partial charge >= 0.3 is 0 Å². The molecule has 0 fully saturated rings. The Labute approximate surface area is 199 Å².